The average molecular weight is 255 g/mol. The van der Waals surface area contributed by atoms with Gasteiger partial charge in [0.1, 0.15) is 0 Å². The van der Waals surface area contributed by atoms with Gasteiger partial charge in [-0.15, -0.1) is 0 Å². The van der Waals surface area contributed by atoms with Crippen molar-refractivity contribution in [2.45, 2.75) is 6.42 Å². The maximum absolute atomic E-state index is 10.5. The summed E-state index contributed by atoms with van der Waals surface area (Å²) < 4.78 is 2.65. The third-order valence-electron chi connectivity index (χ3n) is 1.82. The van der Waals surface area contributed by atoms with Gasteiger partial charge in [-0.05, 0) is 28.1 Å². The number of aromatic nitrogens is 2. The minimum absolute atomic E-state index is 0.0475. The van der Waals surface area contributed by atoms with Crippen LogP contribution >= 0.6 is 15.9 Å². The van der Waals surface area contributed by atoms with Crippen molar-refractivity contribution >= 4 is 27.5 Å². The van der Waals surface area contributed by atoms with Crippen molar-refractivity contribution in [2.75, 3.05) is 0 Å². The number of pyridine rings is 1. The molecule has 72 valence electrons. The van der Waals surface area contributed by atoms with Crippen LogP contribution in [-0.2, 0) is 11.2 Å². The molecule has 0 atom stereocenters. The van der Waals surface area contributed by atoms with Crippen molar-refractivity contribution in [3.05, 3.63) is 34.7 Å². The van der Waals surface area contributed by atoms with Crippen LogP contribution in [0.2, 0.25) is 0 Å². The molecule has 0 saturated heterocycles. The molecule has 0 amide bonds. The summed E-state index contributed by atoms with van der Waals surface area (Å²) in [5.74, 6) is -0.871. The van der Waals surface area contributed by atoms with E-state index in [1.54, 1.807) is 10.6 Å². The largest absolute Gasteiger partial charge is 0.481 e. The summed E-state index contributed by atoms with van der Waals surface area (Å²) in [5, 5.41) is 8.60. The highest BCUT2D eigenvalue weighted by Crippen LogP contribution is 2.16. The van der Waals surface area contributed by atoms with Crippen LogP contribution in [0.15, 0.2) is 29.0 Å². The molecular weight excluding hydrogens is 248 g/mol. The Kier molecular flexibility index (Phi) is 2.25. The van der Waals surface area contributed by atoms with E-state index in [0.717, 1.165) is 10.1 Å². The fourth-order valence-electron chi connectivity index (χ4n) is 1.27. The lowest BCUT2D eigenvalue weighted by atomic mass is 10.3. The summed E-state index contributed by atoms with van der Waals surface area (Å²) in [4.78, 5) is 14.7. The van der Waals surface area contributed by atoms with Crippen molar-refractivity contribution in [1.29, 1.82) is 0 Å². The fraction of sp³-hybridized carbons (Fsp3) is 0.111. The monoisotopic (exact) mass is 254 g/mol. The predicted octanol–water partition coefficient (Wildman–Crippen LogP) is 1.72. The number of halogens is 1. The molecule has 0 aliphatic carbocycles. The molecule has 2 aromatic heterocycles. The first-order valence-electron chi connectivity index (χ1n) is 4.01. The second-order valence-corrected chi connectivity index (χ2v) is 3.74. The SMILES string of the molecule is O=C(O)Cc1cn2cccc(Br)c2n1. The molecule has 0 aliphatic heterocycles. The molecule has 2 aromatic rings. The molecule has 0 spiro atoms. The number of fused-ring (bicyclic) bond motifs is 1. The first-order valence-corrected chi connectivity index (χ1v) is 4.80. The standard InChI is InChI=1S/C9H7BrN2O2/c10-7-2-1-3-12-5-6(4-8(13)14)11-9(7)12/h1-3,5H,4H2,(H,13,14). The Labute approximate surface area is 88.3 Å². The second-order valence-electron chi connectivity index (χ2n) is 2.89. The smallest absolute Gasteiger partial charge is 0.309 e. The number of hydrogen-bond donors (Lipinski definition) is 1. The van der Waals surface area contributed by atoms with E-state index in [-0.39, 0.29) is 6.42 Å². The Morgan fingerprint density at radius 3 is 3.07 bits per heavy atom. The zero-order valence-electron chi connectivity index (χ0n) is 7.14. The second kappa shape index (κ2) is 3.42. The molecule has 14 heavy (non-hydrogen) atoms. The normalized spacial score (nSPS) is 10.6. The van der Waals surface area contributed by atoms with E-state index in [9.17, 15) is 4.79 Å². The van der Waals surface area contributed by atoms with Crippen LogP contribution in [0.4, 0.5) is 0 Å². The molecular formula is C9H7BrN2O2. The zero-order chi connectivity index (χ0) is 10.1. The topological polar surface area (TPSA) is 54.6 Å². The highest BCUT2D eigenvalue weighted by Gasteiger charge is 2.07. The number of carboxylic acids is 1. The number of imidazole rings is 1. The molecule has 0 radical (unpaired) electrons. The van der Waals surface area contributed by atoms with Crippen molar-refractivity contribution in [3.8, 4) is 0 Å². The first kappa shape index (κ1) is 9.21. The van der Waals surface area contributed by atoms with Crippen LogP contribution in [0.5, 0.6) is 0 Å². The minimum Gasteiger partial charge on any atom is -0.481 e. The van der Waals surface area contributed by atoms with Gasteiger partial charge in [-0.25, -0.2) is 4.98 Å². The van der Waals surface area contributed by atoms with Gasteiger partial charge in [0.2, 0.25) is 0 Å². The van der Waals surface area contributed by atoms with Crippen LogP contribution in [0.3, 0.4) is 0 Å². The number of rotatable bonds is 2. The summed E-state index contributed by atoms with van der Waals surface area (Å²) in [6.45, 7) is 0. The Hall–Kier alpha value is -1.36. The van der Waals surface area contributed by atoms with Gasteiger partial charge >= 0.3 is 5.97 Å². The summed E-state index contributed by atoms with van der Waals surface area (Å²) in [7, 11) is 0. The Morgan fingerprint density at radius 2 is 2.43 bits per heavy atom. The summed E-state index contributed by atoms with van der Waals surface area (Å²) in [5.41, 5.74) is 1.30. The van der Waals surface area contributed by atoms with E-state index in [1.165, 1.54) is 0 Å². The van der Waals surface area contributed by atoms with Crippen LogP contribution < -0.4 is 0 Å². The van der Waals surface area contributed by atoms with Crippen LogP contribution in [0.25, 0.3) is 5.65 Å². The van der Waals surface area contributed by atoms with E-state index in [4.69, 9.17) is 5.11 Å². The van der Waals surface area contributed by atoms with E-state index in [2.05, 4.69) is 20.9 Å². The highest BCUT2D eigenvalue weighted by molar-refractivity contribution is 9.10. The number of carboxylic acid groups (broad SMARTS) is 1. The molecule has 1 N–H and O–H groups in total. The summed E-state index contributed by atoms with van der Waals surface area (Å²) in [6.07, 6.45) is 3.50. The lowest BCUT2D eigenvalue weighted by Gasteiger charge is -1.92. The molecule has 0 bridgehead atoms. The Morgan fingerprint density at radius 1 is 1.64 bits per heavy atom. The number of aliphatic carboxylic acids is 1. The molecule has 4 nitrogen and oxygen atoms in total. The van der Waals surface area contributed by atoms with Gasteiger partial charge in [-0.1, -0.05) is 0 Å². The van der Waals surface area contributed by atoms with Gasteiger partial charge in [-0.2, -0.15) is 0 Å². The van der Waals surface area contributed by atoms with E-state index in [1.807, 2.05) is 18.3 Å². The highest BCUT2D eigenvalue weighted by atomic mass is 79.9. The molecule has 2 rings (SSSR count). The lowest BCUT2D eigenvalue weighted by molar-refractivity contribution is -0.136. The van der Waals surface area contributed by atoms with Crippen LogP contribution in [0, 0.1) is 0 Å². The molecule has 0 aromatic carbocycles. The molecule has 2 heterocycles. The first-order chi connectivity index (χ1) is 6.66. The number of nitrogens with zero attached hydrogens (tertiary/aromatic N) is 2. The number of hydrogen-bond acceptors (Lipinski definition) is 2. The summed E-state index contributed by atoms with van der Waals surface area (Å²) >= 11 is 3.35. The van der Waals surface area contributed by atoms with Gasteiger partial charge in [0.15, 0.2) is 5.65 Å². The van der Waals surface area contributed by atoms with Gasteiger partial charge in [0, 0.05) is 12.4 Å². The summed E-state index contributed by atoms with van der Waals surface area (Å²) in [6, 6.07) is 3.73. The van der Waals surface area contributed by atoms with E-state index < -0.39 is 5.97 Å². The molecule has 0 aliphatic rings. The van der Waals surface area contributed by atoms with Crippen molar-refractivity contribution in [2.24, 2.45) is 0 Å². The lowest BCUT2D eigenvalue weighted by Crippen LogP contribution is -1.99. The fourth-order valence-corrected chi connectivity index (χ4v) is 1.72. The van der Waals surface area contributed by atoms with Crippen molar-refractivity contribution < 1.29 is 9.90 Å². The molecule has 0 unspecified atom stereocenters. The number of carbonyl (C=O) groups is 1. The predicted molar refractivity (Wildman–Crippen MR) is 54.2 cm³/mol. The molecule has 0 saturated carbocycles. The van der Waals surface area contributed by atoms with Crippen molar-refractivity contribution in [3.63, 3.8) is 0 Å². The molecule has 0 fully saturated rings. The Bertz CT molecular complexity index is 493. The maximum atomic E-state index is 10.5. The third-order valence-corrected chi connectivity index (χ3v) is 2.44. The average Bonchev–Trinajstić information content (AvgIpc) is 2.47. The van der Waals surface area contributed by atoms with Gasteiger partial charge in [0.25, 0.3) is 0 Å². The maximum Gasteiger partial charge on any atom is 0.309 e. The Balaban J connectivity index is 2.51. The van der Waals surface area contributed by atoms with Crippen molar-refractivity contribution in [1.82, 2.24) is 9.38 Å². The quantitative estimate of drug-likeness (QED) is 0.888. The van der Waals surface area contributed by atoms with Gasteiger partial charge in [0.05, 0.1) is 16.6 Å². The van der Waals surface area contributed by atoms with Crippen LogP contribution in [-0.4, -0.2) is 20.5 Å². The minimum atomic E-state index is -0.871. The zero-order valence-corrected chi connectivity index (χ0v) is 8.73. The van der Waals surface area contributed by atoms with Gasteiger partial charge < -0.3 is 9.51 Å². The molecule has 5 heteroatoms. The third kappa shape index (κ3) is 1.63. The van der Waals surface area contributed by atoms with Crippen LogP contribution in [0.1, 0.15) is 5.69 Å². The van der Waals surface area contributed by atoms with Gasteiger partial charge in [-0.3, -0.25) is 4.79 Å². The van der Waals surface area contributed by atoms with E-state index >= 15 is 0 Å². The van der Waals surface area contributed by atoms with E-state index in [0.29, 0.717) is 5.69 Å².